The highest BCUT2D eigenvalue weighted by Gasteiger charge is 2.46. The first-order valence-electron chi connectivity index (χ1n) is 7.82. The Balaban J connectivity index is 1.95. The van der Waals surface area contributed by atoms with Crippen molar-refractivity contribution in [2.45, 2.75) is 32.1 Å². The smallest absolute Gasteiger partial charge is 0.279 e. The van der Waals surface area contributed by atoms with Gasteiger partial charge in [-0.25, -0.2) is 0 Å². The molecule has 2 aromatic rings. The summed E-state index contributed by atoms with van der Waals surface area (Å²) in [5.74, 6) is -0.652. The molecule has 0 saturated heterocycles. The molecule has 2 N–H and O–H groups in total. The van der Waals surface area contributed by atoms with E-state index in [1.54, 1.807) is 43.3 Å². The zero-order chi connectivity index (χ0) is 17.3. The van der Waals surface area contributed by atoms with Crippen molar-refractivity contribution in [3.63, 3.8) is 0 Å². The van der Waals surface area contributed by atoms with Crippen LogP contribution in [0.3, 0.4) is 0 Å². The minimum Gasteiger partial charge on any atom is -0.378 e. The van der Waals surface area contributed by atoms with Gasteiger partial charge in [0.2, 0.25) is 0 Å². The molecule has 1 aliphatic heterocycles. The second-order valence-corrected chi connectivity index (χ2v) is 6.16. The van der Waals surface area contributed by atoms with Crippen molar-refractivity contribution in [3.8, 4) is 0 Å². The predicted octanol–water partition coefficient (Wildman–Crippen LogP) is 2.48. The average molecular weight is 324 g/mol. The van der Waals surface area contributed by atoms with Crippen LogP contribution in [0.15, 0.2) is 59.7 Å². The Morgan fingerprint density at radius 3 is 2.38 bits per heavy atom. The summed E-state index contributed by atoms with van der Waals surface area (Å²) >= 11 is 0. The molecule has 0 unspecified atom stereocenters. The third-order valence-electron chi connectivity index (χ3n) is 4.20. The van der Waals surface area contributed by atoms with Crippen molar-refractivity contribution < 1.29 is 15.0 Å². The lowest BCUT2D eigenvalue weighted by atomic mass is 9.96. The zero-order valence-corrected chi connectivity index (χ0v) is 13.7. The second-order valence-electron chi connectivity index (χ2n) is 6.16. The number of carbonyl (C=O) groups excluding carboxylic acids is 1. The van der Waals surface area contributed by atoms with Crippen molar-refractivity contribution in [2.75, 3.05) is 0 Å². The van der Waals surface area contributed by atoms with Gasteiger partial charge < -0.3 is 10.2 Å². The lowest BCUT2D eigenvalue weighted by Crippen LogP contribution is -2.45. The number of rotatable bonds is 3. The van der Waals surface area contributed by atoms with Crippen molar-refractivity contribution in [2.24, 2.45) is 5.10 Å². The standard InChI is InChI=1S/C19H20N2O3/c1-13-8-10-16(11-9-13)19(24)12-14(2)20-21(19)18(23)17(22)15-6-4-3-5-7-15/h3-11,17,22,24H,12H2,1-2H3/t17-,19-/m0/s1. The molecule has 24 heavy (non-hydrogen) atoms. The van der Waals surface area contributed by atoms with Crippen molar-refractivity contribution >= 4 is 11.6 Å². The maximum absolute atomic E-state index is 12.8. The molecular weight excluding hydrogens is 304 g/mol. The Morgan fingerprint density at radius 1 is 1.12 bits per heavy atom. The van der Waals surface area contributed by atoms with Gasteiger partial charge in [0, 0.05) is 17.7 Å². The highest BCUT2D eigenvalue weighted by atomic mass is 16.3. The molecule has 0 spiro atoms. The molecule has 0 aliphatic carbocycles. The second kappa shape index (κ2) is 6.19. The number of nitrogens with zero attached hydrogens (tertiary/aromatic N) is 2. The quantitative estimate of drug-likeness (QED) is 0.911. The fourth-order valence-corrected chi connectivity index (χ4v) is 2.89. The van der Waals surface area contributed by atoms with Gasteiger partial charge in [-0.1, -0.05) is 60.2 Å². The van der Waals surface area contributed by atoms with Crippen LogP contribution in [0.2, 0.25) is 0 Å². The minimum atomic E-state index is -1.58. The molecule has 0 radical (unpaired) electrons. The lowest BCUT2D eigenvalue weighted by molar-refractivity contribution is -0.167. The van der Waals surface area contributed by atoms with Crippen LogP contribution in [0.4, 0.5) is 0 Å². The number of carbonyl (C=O) groups is 1. The molecule has 1 aliphatic rings. The Morgan fingerprint density at radius 2 is 1.75 bits per heavy atom. The van der Waals surface area contributed by atoms with Crippen LogP contribution < -0.4 is 0 Å². The van der Waals surface area contributed by atoms with Gasteiger partial charge in [0.25, 0.3) is 5.91 Å². The zero-order valence-electron chi connectivity index (χ0n) is 13.7. The summed E-state index contributed by atoms with van der Waals surface area (Å²) < 4.78 is 0. The normalized spacial score (nSPS) is 21.5. The van der Waals surface area contributed by atoms with Gasteiger partial charge in [-0.15, -0.1) is 0 Å². The average Bonchev–Trinajstić information content (AvgIpc) is 2.90. The largest absolute Gasteiger partial charge is 0.378 e. The number of hydrogen-bond acceptors (Lipinski definition) is 4. The van der Waals surface area contributed by atoms with Crippen LogP contribution in [0, 0.1) is 6.92 Å². The van der Waals surface area contributed by atoms with E-state index in [1.807, 2.05) is 25.1 Å². The van der Waals surface area contributed by atoms with Gasteiger partial charge in [0.1, 0.15) is 0 Å². The number of aliphatic hydroxyl groups excluding tert-OH is 1. The fourth-order valence-electron chi connectivity index (χ4n) is 2.89. The van der Waals surface area contributed by atoms with Crippen molar-refractivity contribution in [1.82, 2.24) is 5.01 Å². The SMILES string of the molecule is CC1=NN(C(=O)[C@@H](O)c2ccccc2)[C@@](O)(c2ccc(C)cc2)C1. The molecule has 2 atom stereocenters. The summed E-state index contributed by atoms with van der Waals surface area (Å²) in [6.45, 7) is 3.70. The van der Waals surface area contributed by atoms with Gasteiger partial charge in [-0.2, -0.15) is 10.1 Å². The molecule has 5 heteroatoms. The van der Waals surface area contributed by atoms with Crippen LogP contribution in [0.25, 0.3) is 0 Å². The highest BCUT2D eigenvalue weighted by molar-refractivity contribution is 5.91. The molecule has 124 valence electrons. The summed E-state index contributed by atoms with van der Waals surface area (Å²) in [6, 6.07) is 15.9. The van der Waals surface area contributed by atoms with Crippen molar-refractivity contribution in [1.29, 1.82) is 0 Å². The monoisotopic (exact) mass is 324 g/mol. The summed E-state index contributed by atoms with van der Waals surface area (Å²) in [4.78, 5) is 12.8. The molecule has 0 fully saturated rings. The maximum Gasteiger partial charge on any atom is 0.279 e. The molecule has 0 saturated carbocycles. The van der Waals surface area contributed by atoms with E-state index in [-0.39, 0.29) is 6.42 Å². The third-order valence-corrected chi connectivity index (χ3v) is 4.20. The molecule has 1 amide bonds. The van der Waals surface area contributed by atoms with Crippen molar-refractivity contribution in [3.05, 3.63) is 71.3 Å². The molecule has 5 nitrogen and oxygen atoms in total. The molecule has 2 aromatic carbocycles. The number of aliphatic hydroxyl groups is 2. The molecule has 0 aromatic heterocycles. The lowest BCUT2D eigenvalue weighted by Gasteiger charge is -2.32. The van der Waals surface area contributed by atoms with E-state index in [2.05, 4.69) is 5.10 Å². The Bertz CT molecular complexity index is 771. The van der Waals surface area contributed by atoms with Crippen LogP contribution in [0.5, 0.6) is 0 Å². The van der Waals surface area contributed by atoms with E-state index in [0.717, 1.165) is 10.6 Å². The van der Waals surface area contributed by atoms with Gasteiger partial charge >= 0.3 is 0 Å². The summed E-state index contributed by atoms with van der Waals surface area (Å²) in [6.07, 6.45) is -1.17. The first-order valence-corrected chi connectivity index (χ1v) is 7.82. The number of hydrogen-bond donors (Lipinski definition) is 2. The van der Waals surface area contributed by atoms with E-state index in [9.17, 15) is 15.0 Å². The topological polar surface area (TPSA) is 73.1 Å². The van der Waals surface area contributed by atoms with Gasteiger partial charge in [0.05, 0.1) is 0 Å². The van der Waals surface area contributed by atoms with Gasteiger partial charge in [-0.3, -0.25) is 4.79 Å². The summed E-state index contributed by atoms with van der Waals surface area (Å²) in [5, 5.41) is 26.7. The number of amides is 1. The van der Waals surface area contributed by atoms with Crippen LogP contribution in [0.1, 0.15) is 36.1 Å². The van der Waals surface area contributed by atoms with Crippen LogP contribution >= 0.6 is 0 Å². The Labute approximate surface area is 140 Å². The first-order chi connectivity index (χ1) is 11.4. The summed E-state index contributed by atoms with van der Waals surface area (Å²) in [5.41, 5.74) is 1.15. The third kappa shape index (κ3) is 2.84. The van der Waals surface area contributed by atoms with E-state index < -0.39 is 17.7 Å². The Kier molecular flexibility index (Phi) is 4.22. The first kappa shape index (κ1) is 16.4. The molecular formula is C19H20N2O3. The Hall–Kier alpha value is -2.50. The van der Waals surface area contributed by atoms with E-state index >= 15 is 0 Å². The predicted molar refractivity (Wildman–Crippen MR) is 91.0 cm³/mol. The van der Waals surface area contributed by atoms with Gasteiger partial charge in [-0.05, 0) is 19.4 Å². The highest BCUT2D eigenvalue weighted by Crippen LogP contribution is 2.37. The van der Waals surface area contributed by atoms with E-state index in [0.29, 0.717) is 16.8 Å². The van der Waals surface area contributed by atoms with E-state index in [4.69, 9.17) is 0 Å². The van der Waals surface area contributed by atoms with Gasteiger partial charge in [0.15, 0.2) is 11.8 Å². The van der Waals surface area contributed by atoms with Crippen LogP contribution in [-0.4, -0.2) is 26.8 Å². The molecule has 0 bridgehead atoms. The molecule has 3 rings (SSSR count). The number of hydrazone groups is 1. The van der Waals surface area contributed by atoms with Crippen LogP contribution in [-0.2, 0) is 10.5 Å². The summed E-state index contributed by atoms with van der Waals surface area (Å²) in [7, 11) is 0. The fraction of sp³-hybridized carbons (Fsp3) is 0.263. The number of benzene rings is 2. The number of aryl methyl sites for hydroxylation is 1. The molecule has 1 heterocycles. The van der Waals surface area contributed by atoms with E-state index in [1.165, 1.54) is 0 Å². The minimum absolute atomic E-state index is 0.212. The maximum atomic E-state index is 12.8.